The number of amides is 2. The van der Waals surface area contributed by atoms with E-state index in [9.17, 15) is 9.18 Å². The van der Waals surface area contributed by atoms with Gasteiger partial charge >= 0.3 is 6.03 Å². The number of ether oxygens (including phenoxy) is 1. The molecule has 0 aliphatic carbocycles. The van der Waals surface area contributed by atoms with E-state index in [0.29, 0.717) is 5.70 Å². The van der Waals surface area contributed by atoms with Gasteiger partial charge in [0.05, 0.1) is 17.3 Å². The topological polar surface area (TPSA) is 65.4 Å². The molecule has 2 amide bonds. The van der Waals surface area contributed by atoms with E-state index in [2.05, 4.69) is 18.5 Å². The van der Waals surface area contributed by atoms with E-state index < -0.39 is 11.8 Å². The molecule has 0 spiro atoms. The van der Waals surface area contributed by atoms with E-state index in [4.69, 9.17) is 10.00 Å². The second-order valence-electron chi connectivity index (χ2n) is 4.51. The molecule has 1 aliphatic heterocycles. The molecular weight excluding hydrogens is 273 g/mol. The van der Waals surface area contributed by atoms with E-state index in [1.54, 1.807) is 6.92 Å². The predicted molar refractivity (Wildman–Crippen MR) is 76.4 cm³/mol. The number of benzene rings is 1. The average molecular weight is 287 g/mol. The number of hydrogen-bond acceptors (Lipinski definition) is 3. The smallest absolute Gasteiger partial charge is 0.326 e. The van der Waals surface area contributed by atoms with E-state index in [1.807, 2.05) is 6.07 Å². The Morgan fingerprint density at radius 2 is 2.33 bits per heavy atom. The van der Waals surface area contributed by atoms with Crippen molar-refractivity contribution in [3.63, 3.8) is 0 Å². The van der Waals surface area contributed by atoms with Gasteiger partial charge in [0.1, 0.15) is 24.2 Å². The van der Waals surface area contributed by atoms with Crippen LogP contribution in [0.25, 0.3) is 0 Å². The fraction of sp³-hybridized carbons (Fsp3) is 0.200. The van der Waals surface area contributed by atoms with Crippen LogP contribution in [-0.2, 0) is 0 Å². The molecule has 0 saturated carbocycles. The Morgan fingerprint density at radius 1 is 1.62 bits per heavy atom. The molecule has 1 aliphatic rings. The molecule has 1 aromatic rings. The van der Waals surface area contributed by atoms with Gasteiger partial charge in [-0.25, -0.2) is 9.18 Å². The van der Waals surface area contributed by atoms with Crippen LogP contribution in [0.1, 0.15) is 12.5 Å². The van der Waals surface area contributed by atoms with Crippen molar-refractivity contribution in [3.05, 3.63) is 48.4 Å². The monoisotopic (exact) mass is 287 g/mol. The van der Waals surface area contributed by atoms with Crippen molar-refractivity contribution in [2.45, 2.75) is 13.0 Å². The summed E-state index contributed by atoms with van der Waals surface area (Å²) in [4.78, 5) is 13.0. The Hall–Kier alpha value is -2.81. The molecule has 108 valence electrons. The summed E-state index contributed by atoms with van der Waals surface area (Å²) in [5, 5.41) is 11.6. The maximum absolute atomic E-state index is 14.2. The first-order chi connectivity index (χ1) is 9.99. The highest BCUT2D eigenvalue weighted by Crippen LogP contribution is 2.33. The van der Waals surface area contributed by atoms with E-state index in [0.717, 1.165) is 11.0 Å². The maximum atomic E-state index is 14.2. The summed E-state index contributed by atoms with van der Waals surface area (Å²) in [5.41, 5.74) is 0.481. The lowest BCUT2D eigenvalue weighted by Gasteiger charge is -2.18. The lowest BCUT2D eigenvalue weighted by molar-refractivity contribution is 0.251. The van der Waals surface area contributed by atoms with Crippen LogP contribution in [0.2, 0.25) is 0 Å². The fourth-order valence-electron chi connectivity index (χ4n) is 1.99. The molecule has 1 heterocycles. The van der Waals surface area contributed by atoms with Crippen molar-refractivity contribution in [3.8, 4) is 11.8 Å². The van der Waals surface area contributed by atoms with Crippen molar-refractivity contribution in [1.82, 2.24) is 5.32 Å². The van der Waals surface area contributed by atoms with Gasteiger partial charge in [-0.1, -0.05) is 19.2 Å². The molecule has 21 heavy (non-hydrogen) atoms. The number of carbonyl (C=O) groups is 1. The minimum absolute atomic E-state index is 0.0000813. The van der Waals surface area contributed by atoms with Crippen molar-refractivity contribution in [1.29, 1.82) is 5.26 Å². The van der Waals surface area contributed by atoms with Crippen molar-refractivity contribution < 1.29 is 13.9 Å². The number of anilines is 1. The maximum Gasteiger partial charge on any atom is 0.326 e. The number of halogens is 1. The van der Waals surface area contributed by atoms with Gasteiger partial charge in [0.25, 0.3) is 0 Å². The first-order valence-corrected chi connectivity index (χ1v) is 6.26. The molecule has 1 N–H and O–H groups in total. The quantitative estimate of drug-likeness (QED) is 0.866. The summed E-state index contributed by atoms with van der Waals surface area (Å²) in [6.45, 7) is 9.20. The van der Waals surface area contributed by atoms with Crippen LogP contribution in [0.4, 0.5) is 14.9 Å². The third kappa shape index (κ3) is 2.58. The molecule has 1 saturated heterocycles. The molecule has 1 aromatic carbocycles. The Balaban J connectivity index is 2.49. The second-order valence-corrected chi connectivity index (χ2v) is 4.51. The lowest BCUT2D eigenvalue weighted by Crippen LogP contribution is -2.28. The minimum Gasteiger partial charge on any atom is -0.488 e. The minimum atomic E-state index is -0.692. The van der Waals surface area contributed by atoms with Crippen LogP contribution in [0.5, 0.6) is 5.75 Å². The highest BCUT2D eigenvalue weighted by atomic mass is 19.1. The number of hydrogen-bond donors (Lipinski definition) is 1. The molecule has 5 nitrogen and oxygen atoms in total. The molecule has 1 fully saturated rings. The molecule has 0 aromatic heterocycles. The number of rotatable bonds is 4. The summed E-state index contributed by atoms with van der Waals surface area (Å²) in [6, 6.07) is 3.46. The second kappa shape index (κ2) is 5.67. The van der Waals surface area contributed by atoms with Gasteiger partial charge in [-0.05, 0) is 13.0 Å². The first-order valence-electron chi connectivity index (χ1n) is 6.26. The largest absolute Gasteiger partial charge is 0.488 e. The van der Waals surface area contributed by atoms with E-state index in [1.165, 1.54) is 12.1 Å². The zero-order valence-corrected chi connectivity index (χ0v) is 11.5. The van der Waals surface area contributed by atoms with Crippen molar-refractivity contribution >= 4 is 11.7 Å². The summed E-state index contributed by atoms with van der Waals surface area (Å²) in [5.74, 6) is -0.503. The Bertz CT molecular complexity index is 664. The zero-order chi connectivity index (χ0) is 15.6. The van der Waals surface area contributed by atoms with Crippen LogP contribution < -0.4 is 15.0 Å². The molecule has 0 bridgehead atoms. The number of nitriles is 1. The highest BCUT2D eigenvalue weighted by Gasteiger charge is 2.33. The molecular formula is C15H14FN3O2. The van der Waals surface area contributed by atoms with Gasteiger partial charge in [-0.3, -0.25) is 4.90 Å². The van der Waals surface area contributed by atoms with E-state index >= 15 is 0 Å². The number of carbonyl (C=O) groups excluding carboxylic acids is 1. The number of nitrogens with one attached hydrogen (secondary N) is 1. The first kappa shape index (κ1) is 14.6. The predicted octanol–water partition coefficient (Wildman–Crippen LogP) is 2.69. The third-order valence-corrected chi connectivity index (χ3v) is 3.10. The summed E-state index contributed by atoms with van der Waals surface area (Å²) < 4.78 is 19.5. The average Bonchev–Trinajstić information content (AvgIpc) is 2.71. The van der Waals surface area contributed by atoms with Crippen LogP contribution in [0.15, 0.2) is 37.1 Å². The molecule has 6 heteroatoms. The van der Waals surface area contributed by atoms with Gasteiger partial charge in [0, 0.05) is 11.8 Å². The lowest BCUT2D eigenvalue weighted by atomic mass is 10.1. The van der Waals surface area contributed by atoms with Gasteiger partial charge in [0.15, 0.2) is 0 Å². The fourth-order valence-corrected chi connectivity index (χ4v) is 1.99. The van der Waals surface area contributed by atoms with Gasteiger partial charge < -0.3 is 10.1 Å². The third-order valence-electron chi connectivity index (χ3n) is 3.10. The van der Waals surface area contributed by atoms with Crippen LogP contribution in [0, 0.1) is 17.1 Å². The summed E-state index contributed by atoms with van der Waals surface area (Å²) in [7, 11) is 0. The molecule has 1 unspecified atom stereocenters. The molecule has 1 atom stereocenters. The Labute approximate surface area is 121 Å². The number of nitrogens with zero attached hydrogens (tertiary/aromatic N) is 2. The van der Waals surface area contributed by atoms with E-state index in [-0.39, 0.29) is 29.6 Å². The standard InChI is InChI=1S/C15H14FN3O2/c1-4-5-21-14-7-13(12(16)6-11(14)8-17)19-10(3)9(2)18-15(19)20/h4,6-7,9H,1,3,5H2,2H3,(H,18,20). The van der Waals surface area contributed by atoms with Gasteiger partial charge in [0.2, 0.25) is 0 Å². The summed E-state index contributed by atoms with van der Waals surface area (Å²) in [6.07, 6.45) is 1.51. The van der Waals surface area contributed by atoms with Crippen LogP contribution >= 0.6 is 0 Å². The molecule has 2 rings (SSSR count). The normalized spacial score (nSPS) is 17.4. The number of urea groups is 1. The highest BCUT2D eigenvalue weighted by molar-refractivity contribution is 5.99. The Kier molecular flexibility index (Phi) is 3.94. The van der Waals surface area contributed by atoms with Crippen molar-refractivity contribution in [2.75, 3.05) is 11.5 Å². The summed E-state index contributed by atoms with van der Waals surface area (Å²) >= 11 is 0. The van der Waals surface area contributed by atoms with Crippen LogP contribution in [0.3, 0.4) is 0 Å². The van der Waals surface area contributed by atoms with Gasteiger partial charge in [-0.2, -0.15) is 5.26 Å². The van der Waals surface area contributed by atoms with Gasteiger partial charge in [-0.15, -0.1) is 0 Å². The molecule has 0 radical (unpaired) electrons. The Morgan fingerprint density at radius 3 is 2.86 bits per heavy atom. The van der Waals surface area contributed by atoms with Crippen LogP contribution in [-0.4, -0.2) is 18.7 Å². The zero-order valence-electron chi connectivity index (χ0n) is 11.5. The van der Waals surface area contributed by atoms with Crippen molar-refractivity contribution in [2.24, 2.45) is 0 Å². The SMILES string of the molecule is C=CCOc1cc(N2C(=C)C(C)NC2=O)c(F)cc1C#N.